The first kappa shape index (κ1) is 14.1. The Labute approximate surface area is 115 Å². The minimum Gasteiger partial charge on any atom is -0.369 e. The Morgan fingerprint density at radius 2 is 2.16 bits per heavy atom. The SMILES string of the molecule is CN[C@@H]1CCN(c2cc(NCC(C)(C)C)ncn2)C1. The van der Waals surface area contributed by atoms with Crippen LogP contribution in [-0.4, -0.2) is 42.7 Å². The molecule has 0 spiro atoms. The Hall–Kier alpha value is -1.36. The molecule has 0 unspecified atom stereocenters. The highest BCUT2D eigenvalue weighted by Crippen LogP contribution is 2.20. The van der Waals surface area contributed by atoms with Crippen molar-refractivity contribution in [3.8, 4) is 0 Å². The number of rotatable bonds is 4. The van der Waals surface area contributed by atoms with Crippen LogP contribution < -0.4 is 15.5 Å². The lowest BCUT2D eigenvalue weighted by Gasteiger charge is -2.21. The van der Waals surface area contributed by atoms with Crippen LogP contribution in [-0.2, 0) is 0 Å². The second-order valence-corrected chi connectivity index (χ2v) is 6.40. The van der Waals surface area contributed by atoms with Gasteiger partial charge in [0.15, 0.2) is 0 Å². The Morgan fingerprint density at radius 1 is 1.37 bits per heavy atom. The molecule has 2 rings (SSSR count). The van der Waals surface area contributed by atoms with Gasteiger partial charge in [0.25, 0.3) is 0 Å². The minimum atomic E-state index is 0.246. The predicted molar refractivity (Wildman–Crippen MR) is 79.7 cm³/mol. The van der Waals surface area contributed by atoms with Crippen LogP contribution in [0.25, 0.3) is 0 Å². The van der Waals surface area contributed by atoms with Gasteiger partial charge in [-0.15, -0.1) is 0 Å². The molecule has 1 aromatic heterocycles. The molecule has 106 valence electrons. The third kappa shape index (κ3) is 4.06. The number of nitrogens with one attached hydrogen (secondary N) is 2. The molecule has 0 saturated carbocycles. The number of nitrogens with zero attached hydrogens (tertiary/aromatic N) is 3. The van der Waals surface area contributed by atoms with E-state index in [0.717, 1.165) is 31.3 Å². The molecular weight excluding hydrogens is 238 g/mol. The summed E-state index contributed by atoms with van der Waals surface area (Å²) in [7, 11) is 2.02. The van der Waals surface area contributed by atoms with Crippen LogP contribution in [0.5, 0.6) is 0 Å². The number of anilines is 2. The standard InChI is InChI=1S/C14H25N5/c1-14(2,3)9-16-12-7-13(18-10-17-12)19-6-5-11(8-19)15-4/h7,10-11,15H,5-6,8-9H2,1-4H3,(H,16,17,18)/t11-/m1/s1. The van der Waals surface area contributed by atoms with E-state index in [-0.39, 0.29) is 5.41 Å². The first-order chi connectivity index (χ1) is 8.98. The van der Waals surface area contributed by atoms with Crippen LogP contribution in [0.1, 0.15) is 27.2 Å². The van der Waals surface area contributed by atoms with Gasteiger partial charge in [0, 0.05) is 31.7 Å². The van der Waals surface area contributed by atoms with Crippen molar-refractivity contribution in [2.75, 3.05) is 36.9 Å². The lowest BCUT2D eigenvalue weighted by molar-refractivity contribution is 0.442. The van der Waals surface area contributed by atoms with Gasteiger partial charge in [-0.3, -0.25) is 0 Å². The van der Waals surface area contributed by atoms with Crippen LogP contribution >= 0.6 is 0 Å². The quantitative estimate of drug-likeness (QED) is 0.866. The van der Waals surface area contributed by atoms with Crippen molar-refractivity contribution in [1.82, 2.24) is 15.3 Å². The summed E-state index contributed by atoms with van der Waals surface area (Å²) in [6.07, 6.45) is 2.82. The minimum absolute atomic E-state index is 0.246. The molecule has 1 saturated heterocycles. The second kappa shape index (κ2) is 5.74. The molecule has 0 bridgehead atoms. The molecule has 1 fully saturated rings. The van der Waals surface area contributed by atoms with E-state index in [0.29, 0.717) is 6.04 Å². The van der Waals surface area contributed by atoms with Gasteiger partial charge in [-0.25, -0.2) is 9.97 Å². The number of likely N-dealkylation sites (N-methyl/N-ethyl adjacent to an activating group) is 1. The summed E-state index contributed by atoms with van der Waals surface area (Å²) in [6, 6.07) is 2.62. The second-order valence-electron chi connectivity index (χ2n) is 6.40. The van der Waals surface area contributed by atoms with Crippen molar-refractivity contribution in [3.63, 3.8) is 0 Å². The highest BCUT2D eigenvalue weighted by atomic mass is 15.2. The highest BCUT2D eigenvalue weighted by molar-refractivity contribution is 5.49. The fourth-order valence-corrected chi connectivity index (χ4v) is 2.18. The first-order valence-corrected chi connectivity index (χ1v) is 6.96. The van der Waals surface area contributed by atoms with Crippen molar-refractivity contribution in [1.29, 1.82) is 0 Å². The van der Waals surface area contributed by atoms with Gasteiger partial charge in [-0.2, -0.15) is 0 Å². The van der Waals surface area contributed by atoms with Gasteiger partial charge in [0.05, 0.1) is 0 Å². The summed E-state index contributed by atoms with van der Waals surface area (Å²) in [5.74, 6) is 1.93. The third-order valence-corrected chi connectivity index (χ3v) is 3.37. The Balaban J connectivity index is 1.99. The molecule has 0 aliphatic carbocycles. The zero-order valence-corrected chi connectivity index (χ0v) is 12.4. The molecular formula is C14H25N5. The van der Waals surface area contributed by atoms with Crippen LogP contribution in [0.2, 0.25) is 0 Å². The van der Waals surface area contributed by atoms with E-state index in [4.69, 9.17) is 0 Å². The van der Waals surface area contributed by atoms with Crippen molar-refractivity contribution in [2.45, 2.75) is 33.2 Å². The third-order valence-electron chi connectivity index (χ3n) is 3.37. The first-order valence-electron chi connectivity index (χ1n) is 6.96. The van der Waals surface area contributed by atoms with E-state index in [2.05, 4.69) is 46.3 Å². The van der Waals surface area contributed by atoms with E-state index in [1.165, 1.54) is 6.42 Å². The molecule has 5 nitrogen and oxygen atoms in total. The van der Waals surface area contributed by atoms with Crippen molar-refractivity contribution < 1.29 is 0 Å². The summed E-state index contributed by atoms with van der Waals surface area (Å²) < 4.78 is 0. The number of hydrogen-bond acceptors (Lipinski definition) is 5. The molecule has 5 heteroatoms. The molecule has 0 amide bonds. The molecule has 1 aromatic rings. The Morgan fingerprint density at radius 3 is 2.79 bits per heavy atom. The lowest BCUT2D eigenvalue weighted by Crippen LogP contribution is -2.30. The summed E-state index contributed by atoms with van der Waals surface area (Å²) in [5.41, 5.74) is 0.246. The van der Waals surface area contributed by atoms with Gasteiger partial charge < -0.3 is 15.5 Å². The van der Waals surface area contributed by atoms with E-state index >= 15 is 0 Å². The fraction of sp³-hybridized carbons (Fsp3) is 0.714. The van der Waals surface area contributed by atoms with E-state index < -0.39 is 0 Å². The van der Waals surface area contributed by atoms with Gasteiger partial charge in [0.1, 0.15) is 18.0 Å². The molecule has 1 atom stereocenters. The van der Waals surface area contributed by atoms with Crippen LogP contribution in [0.4, 0.5) is 11.6 Å². The van der Waals surface area contributed by atoms with Crippen LogP contribution in [0, 0.1) is 5.41 Å². The maximum Gasteiger partial charge on any atom is 0.134 e. The van der Waals surface area contributed by atoms with Crippen LogP contribution in [0.3, 0.4) is 0 Å². The molecule has 0 radical (unpaired) electrons. The molecule has 0 aromatic carbocycles. The maximum absolute atomic E-state index is 4.38. The molecule has 1 aliphatic rings. The Kier molecular flexibility index (Phi) is 4.24. The molecule has 1 aliphatic heterocycles. The normalized spacial score (nSPS) is 19.8. The van der Waals surface area contributed by atoms with E-state index in [9.17, 15) is 0 Å². The fourth-order valence-electron chi connectivity index (χ4n) is 2.18. The molecule has 19 heavy (non-hydrogen) atoms. The van der Waals surface area contributed by atoms with E-state index in [1.54, 1.807) is 6.33 Å². The van der Waals surface area contributed by atoms with Crippen molar-refractivity contribution in [3.05, 3.63) is 12.4 Å². The predicted octanol–water partition coefficient (Wildman–Crippen LogP) is 1.73. The summed E-state index contributed by atoms with van der Waals surface area (Å²) in [6.45, 7) is 9.61. The van der Waals surface area contributed by atoms with Crippen molar-refractivity contribution in [2.24, 2.45) is 5.41 Å². The molecule has 2 heterocycles. The smallest absolute Gasteiger partial charge is 0.134 e. The maximum atomic E-state index is 4.38. The highest BCUT2D eigenvalue weighted by Gasteiger charge is 2.22. The van der Waals surface area contributed by atoms with Crippen molar-refractivity contribution >= 4 is 11.6 Å². The van der Waals surface area contributed by atoms with Crippen LogP contribution in [0.15, 0.2) is 12.4 Å². The van der Waals surface area contributed by atoms with E-state index in [1.807, 2.05) is 13.1 Å². The topological polar surface area (TPSA) is 53.1 Å². The largest absolute Gasteiger partial charge is 0.369 e. The summed E-state index contributed by atoms with van der Waals surface area (Å²) in [4.78, 5) is 11.0. The lowest BCUT2D eigenvalue weighted by atomic mass is 9.97. The number of hydrogen-bond donors (Lipinski definition) is 2. The molecule has 2 N–H and O–H groups in total. The Bertz CT molecular complexity index is 413. The van der Waals surface area contributed by atoms with Gasteiger partial charge in [-0.1, -0.05) is 20.8 Å². The number of aromatic nitrogens is 2. The average molecular weight is 263 g/mol. The average Bonchev–Trinajstić information content (AvgIpc) is 2.85. The summed E-state index contributed by atoms with van der Waals surface area (Å²) >= 11 is 0. The van der Waals surface area contributed by atoms with Gasteiger partial charge >= 0.3 is 0 Å². The monoisotopic (exact) mass is 263 g/mol. The zero-order valence-electron chi connectivity index (χ0n) is 12.4. The van der Waals surface area contributed by atoms with Gasteiger partial charge in [0.2, 0.25) is 0 Å². The summed E-state index contributed by atoms with van der Waals surface area (Å²) in [5, 5.41) is 6.70. The zero-order chi connectivity index (χ0) is 13.9. The van der Waals surface area contributed by atoms with Gasteiger partial charge in [-0.05, 0) is 18.9 Å².